The molecule has 10 heteroatoms. The zero-order valence-electron chi connectivity index (χ0n) is 18.9. The summed E-state index contributed by atoms with van der Waals surface area (Å²) < 4.78 is 32.4. The summed E-state index contributed by atoms with van der Waals surface area (Å²) >= 11 is 10.1. The van der Waals surface area contributed by atoms with Crippen molar-refractivity contribution in [3.05, 3.63) is 110 Å². The molecule has 0 unspecified atom stereocenters. The third-order valence-electron chi connectivity index (χ3n) is 5.67. The molecule has 5 rings (SSSR count). The Morgan fingerprint density at radius 1 is 0.919 bits per heavy atom. The molecule has 1 aliphatic rings. The van der Waals surface area contributed by atoms with Crippen LogP contribution in [0.1, 0.15) is 11.1 Å². The number of amides is 2. The number of carbonyl (C=O) groups is 2. The fraction of sp³-hybridized carbons (Fsp3) is 0.0370. The number of halogens is 2. The summed E-state index contributed by atoms with van der Waals surface area (Å²) in [5, 5.41) is 1.47. The van der Waals surface area contributed by atoms with Crippen LogP contribution < -0.4 is 4.18 Å². The Kier molecular flexibility index (Phi) is 7.13. The Labute approximate surface area is 231 Å². The molecule has 0 radical (unpaired) electrons. The van der Waals surface area contributed by atoms with E-state index in [1.165, 1.54) is 36.4 Å². The van der Waals surface area contributed by atoms with Crippen molar-refractivity contribution < 1.29 is 22.2 Å². The van der Waals surface area contributed by atoms with Gasteiger partial charge in [-0.1, -0.05) is 76.1 Å². The molecule has 1 heterocycles. The average molecular weight is 615 g/mol. The predicted molar refractivity (Wildman–Crippen MR) is 149 cm³/mol. The van der Waals surface area contributed by atoms with Crippen LogP contribution in [0.2, 0.25) is 5.02 Å². The summed E-state index contributed by atoms with van der Waals surface area (Å²) in [6, 6.07) is 23.6. The van der Waals surface area contributed by atoms with Gasteiger partial charge in [0.05, 0.1) is 11.4 Å². The first-order valence-corrected chi connectivity index (χ1v) is 14.3. The van der Waals surface area contributed by atoms with Crippen molar-refractivity contribution in [2.24, 2.45) is 0 Å². The minimum Gasteiger partial charge on any atom is -0.378 e. The molecule has 1 aliphatic heterocycles. The van der Waals surface area contributed by atoms with E-state index in [0.29, 0.717) is 16.0 Å². The van der Waals surface area contributed by atoms with Gasteiger partial charge in [0.15, 0.2) is 5.75 Å². The largest absolute Gasteiger partial charge is 0.378 e. The van der Waals surface area contributed by atoms with Gasteiger partial charge in [0.1, 0.15) is 4.90 Å². The number of thioether (sulfide) groups is 1. The summed E-state index contributed by atoms with van der Waals surface area (Å²) in [6.45, 7) is 0.104. The summed E-state index contributed by atoms with van der Waals surface area (Å²) in [5.74, 6) is -0.434. The number of imide groups is 1. The molecule has 4 aromatic carbocycles. The number of benzene rings is 4. The van der Waals surface area contributed by atoms with Crippen molar-refractivity contribution in [1.82, 2.24) is 4.90 Å². The van der Waals surface area contributed by atoms with Crippen molar-refractivity contribution in [2.45, 2.75) is 11.4 Å². The van der Waals surface area contributed by atoms with Crippen LogP contribution in [-0.4, -0.2) is 24.5 Å². The molecule has 0 N–H and O–H groups in total. The fourth-order valence-electron chi connectivity index (χ4n) is 3.83. The number of nitrogens with zero attached hydrogens (tertiary/aromatic N) is 1. The quantitative estimate of drug-likeness (QED) is 0.168. The third-order valence-corrected chi connectivity index (χ3v) is 8.85. The van der Waals surface area contributed by atoms with Gasteiger partial charge in [-0.3, -0.25) is 14.5 Å². The second-order valence-electron chi connectivity index (χ2n) is 8.05. The van der Waals surface area contributed by atoms with Crippen molar-refractivity contribution in [1.29, 1.82) is 0 Å². The van der Waals surface area contributed by atoms with Crippen LogP contribution in [0.4, 0.5) is 4.79 Å². The number of carbonyl (C=O) groups excluding carboxylic acids is 2. The standard InChI is InChI=1S/C27H17BrClNO5S2/c28-23-8-4-2-6-18(23)16-30-26(31)25(36-27(30)32)15-22-21-7-3-1-5-17(21)9-14-24(22)35-37(33,34)20-12-10-19(29)11-13-20/h1-15H,16H2/b25-15-. The summed E-state index contributed by atoms with van der Waals surface area (Å²) in [7, 11) is -4.20. The van der Waals surface area contributed by atoms with Gasteiger partial charge in [0.2, 0.25) is 0 Å². The molecule has 4 aromatic rings. The second kappa shape index (κ2) is 10.3. The Bertz CT molecular complexity index is 1690. The molecule has 6 nitrogen and oxygen atoms in total. The first-order chi connectivity index (χ1) is 17.7. The van der Waals surface area contributed by atoms with Crippen molar-refractivity contribution in [2.75, 3.05) is 0 Å². The van der Waals surface area contributed by atoms with Gasteiger partial charge < -0.3 is 4.18 Å². The van der Waals surface area contributed by atoms with E-state index in [4.69, 9.17) is 15.8 Å². The Balaban J connectivity index is 1.55. The van der Waals surface area contributed by atoms with Gasteiger partial charge >= 0.3 is 10.1 Å². The lowest BCUT2D eigenvalue weighted by Crippen LogP contribution is -2.27. The highest BCUT2D eigenvalue weighted by Crippen LogP contribution is 2.38. The van der Waals surface area contributed by atoms with Crippen LogP contribution >= 0.6 is 39.3 Å². The maximum Gasteiger partial charge on any atom is 0.339 e. The normalized spacial score (nSPS) is 15.1. The molecule has 1 fully saturated rings. The zero-order chi connectivity index (χ0) is 26.2. The molecule has 2 amide bonds. The lowest BCUT2D eigenvalue weighted by Gasteiger charge is -2.14. The number of fused-ring (bicyclic) bond motifs is 1. The topological polar surface area (TPSA) is 80.8 Å². The van der Waals surface area contributed by atoms with E-state index in [1.54, 1.807) is 18.2 Å². The summed E-state index contributed by atoms with van der Waals surface area (Å²) in [5.41, 5.74) is 1.16. The van der Waals surface area contributed by atoms with Crippen molar-refractivity contribution >= 4 is 77.4 Å². The first kappa shape index (κ1) is 25.5. The molecular formula is C27H17BrClNO5S2. The zero-order valence-corrected chi connectivity index (χ0v) is 22.9. The van der Waals surface area contributed by atoms with Crippen molar-refractivity contribution in [3.8, 4) is 5.75 Å². The SMILES string of the molecule is O=C1S/C(=C\c2c(OS(=O)(=O)c3ccc(Cl)cc3)ccc3ccccc23)C(=O)N1Cc1ccccc1Br. The van der Waals surface area contributed by atoms with E-state index in [1.807, 2.05) is 36.4 Å². The van der Waals surface area contributed by atoms with Gasteiger partial charge in [-0.05, 0) is 70.6 Å². The average Bonchev–Trinajstić information content (AvgIpc) is 3.14. The number of rotatable bonds is 6. The van der Waals surface area contributed by atoms with E-state index >= 15 is 0 Å². The molecule has 0 aliphatic carbocycles. The molecule has 0 bridgehead atoms. The second-order valence-corrected chi connectivity index (χ2v) is 11.9. The Hall–Kier alpha value is -3.11. The minimum atomic E-state index is -4.20. The van der Waals surface area contributed by atoms with Gasteiger partial charge in [-0.25, -0.2) is 0 Å². The van der Waals surface area contributed by atoms with E-state index in [9.17, 15) is 18.0 Å². The molecule has 0 atom stereocenters. The molecule has 0 saturated carbocycles. The van der Waals surface area contributed by atoms with Crippen molar-refractivity contribution in [3.63, 3.8) is 0 Å². The van der Waals surface area contributed by atoms with Gasteiger partial charge in [-0.15, -0.1) is 0 Å². The minimum absolute atomic E-state index is 0.0336. The number of hydrogen-bond acceptors (Lipinski definition) is 6. The monoisotopic (exact) mass is 613 g/mol. The first-order valence-electron chi connectivity index (χ1n) is 10.9. The van der Waals surface area contributed by atoms with Crippen LogP contribution in [0.3, 0.4) is 0 Å². The van der Waals surface area contributed by atoms with Crippen LogP contribution in [0.25, 0.3) is 16.8 Å². The molecular weight excluding hydrogens is 598 g/mol. The lowest BCUT2D eigenvalue weighted by molar-refractivity contribution is -0.123. The van der Waals surface area contributed by atoms with E-state index in [0.717, 1.165) is 32.1 Å². The van der Waals surface area contributed by atoms with E-state index in [2.05, 4.69) is 15.9 Å². The Morgan fingerprint density at radius 2 is 1.62 bits per heavy atom. The highest BCUT2D eigenvalue weighted by Gasteiger charge is 2.35. The fourth-order valence-corrected chi connectivity index (χ4v) is 6.13. The third kappa shape index (κ3) is 5.31. The lowest BCUT2D eigenvalue weighted by atomic mass is 10.0. The Morgan fingerprint density at radius 3 is 2.38 bits per heavy atom. The summed E-state index contributed by atoms with van der Waals surface area (Å²) in [6.07, 6.45) is 1.51. The molecule has 0 aromatic heterocycles. The van der Waals surface area contributed by atoms with Gasteiger partial charge in [-0.2, -0.15) is 8.42 Å². The molecule has 186 valence electrons. The van der Waals surface area contributed by atoms with Crippen LogP contribution in [0.5, 0.6) is 5.75 Å². The van der Waals surface area contributed by atoms with E-state index < -0.39 is 21.3 Å². The highest BCUT2D eigenvalue weighted by molar-refractivity contribution is 9.10. The van der Waals surface area contributed by atoms with Crippen LogP contribution in [0, 0.1) is 0 Å². The molecule has 37 heavy (non-hydrogen) atoms. The number of hydrogen-bond donors (Lipinski definition) is 0. The molecule has 1 saturated heterocycles. The molecule has 0 spiro atoms. The van der Waals surface area contributed by atoms with Gasteiger partial charge in [0, 0.05) is 15.1 Å². The van der Waals surface area contributed by atoms with Crippen LogP contribution in [0.15, 0.2) is 99.2 Å². The predicted octanol–water partition coefficient (Wildman–Crippen LogP) is 7.26. The smallest absolute Gasteiger partial charge is 0.339 e. The van der Waals surface area contributed by atoms with Gasteiger partial charge in [0.25, 0.3) is 11.1 Å². The van der Waals surface area contributed by atoms with Crippen LogP contribution in [-0.2, 0) is 21.5 Å². The van der Waals surface area contributed by atoms with E-state index in [-0.39, 0.29) is 22.1 Å². The summed E-state index contributed by atoms with van der Waals surface area (Å²) in [4.78, 5) is 27.3. The highest BCUT2D eigenvalue weighted by atomic mass is 79.9. The maximum absolute atomic E-state index is 13.3. The maximum atomic E-state index is 13.3.